The molecule has 27 heavy (non-hydrogen) atoms. The summed E-state index contributed by atoms with van der Waals surface area (Å²) in [6.45, 7) is 0.613. The Morgan fingerprint density at radius 3 is 2.67 bits per heavy atom. The zero-order valence-electron chi connectivity index (χ0n) is 14.0. The molecule has 11 nitrogen and oxygen atoms in total. The molecule has 0 bridgehead atoms. The summed E-state index contributed by atoms with van der Waals surface area (Å²) in [6, 6.07) is 6.11. The largest absolute Gasteiger partial charge is 0.473 e. The van der Waals surface area contributed by atoms with Crippen LogP contribution in [0.25, 0.3) is 10.9 Å². The zero-order valence-corrected chi connectivity index (χ0v) is 14.0. The monoisotopic (exact) mass is 375 g/mol. The maximum Gasteiger partial charge on any atom is 0.414 e. The number of carbonyl (C=O) groups is 3. The van der Waals surface area contributed by atoms with E-state index in [-0.39, 0.29) is 5.95 Å². The summed E-state index contributed by atoms with van der Waals surface area (Å²) in [5.74, 6) is -3.02. The molecule has 0 atom stereocenters. The second-order valence-electron chi connectivity index (χ2n) is 5.29. The van der Waals surface area contributed by atoms with Crippen LogP contribution in [0, 0.1) is 0 Å². The van der Waals surface area contributed by atoms with Gasteiger partial charge in [-0.1, -0.05) is 6.07 Å². The van der Waals surface area contributed by atoms with E-state index >= 15 is 0 Å². The molecule has 0 aliphatic carbocycles. The van der Waals surface area contributed by atoms with Gasteiger partial charge in [0.15, 0.2) is 0 Å². The van der Waals surface area contributed by atoms with Crippen LogP contribution in [0.3, 0.4) is 0 Å². The van der Waals surface area contributed by atoms with Crippen molar-refractivity contribution < 1.29 is 29.1 Å². The van der Waals surface area contributed by atoms with Gasteiger partial charge in [0.1, 0.15) is 0 Å². The number of fused-ring (bicyclic) bond motifs is 1. The second-order valence-corrected chi connectivity index (χ2v) is 5.29. The van der Waals surface area contributed by atoms with Crippen LogP contribution in [0.1, 0.15) is 17.0 Å². The van der Waals surface area contributed by atoms with Crippen LogP contribution in [0.4, 0.5) is 5.95 Å². The number of benzene rings is 1. The first kappa shape index (κ1) is 19.6. The van der Waals surface area contributed by atoms with Crippen LogP contribution < -0.4 is 11.1 Å². The molecular formula is C16H17N5O6. The van der Waals surface area contributed by atoms with Crippen LogP contribution in [-0.4, -0.2) is 50.2 Å². The molecule has 0 saturated heterocycles. The highest BCUT2D eigenvalue weighted by Crippen LogP contribution is 2.21. The summed E-state index contributed by atoms with van der Waals surface area (Å²) in [4.78, 5) is 35.8. The summed E-state index contributed by atoms with van der Waals surface area (Å²) >= 11 is 0. The molecule has 0 unspecified atom stereocenters. The number of anilines is 1. The van der Waals surface area contributed by atoms with Gasteiger partial charge in [-0.15, -0.1) is 0 Å². The lowest BCUT2D eigenvalue weighted by Crippen LogP contribution is -2.09. The van der Waals surface area contributed by atoms with Gasteiger partial charge in [-0.05, 0) is 41.4 Å². The van der Waals surface area contributed by atoms with Crippen LogP contribution >= 0.6 is 0 Å². The number of carboxylic acid groups (broad SMARTS) is 2. The molecule has 3 aromatic rings. The molecule has 3 rings (SSSR count). The Kier molecular flexibility index (Phi) is 6.61. The van der Waals surface area contributed by atoms with E-state index in [4.69, 9.17) is 30.1 Å². The highest BCUT2D eigenvalue weighted by atomic mass is 16.5. The van der Waals surface area contributed by atoms with Crippen LogP contribution in [0.5, 0.6) is 0 Å². The number of H-pyrrole nitrogens is 1. The predicted molar refractivity (Wildman–Crippen MR) is 93.1 cm³/mol. The Bertz CT molecular complexity index is 936. The van der Waals surface area contributed by atoms with Gasteiger partial charge in [0.05, 0.1) is 6.42 Å². The van der Waals surface area contributed by atoms with Crippen molar-refractivity contribution in [2.75, 3.05) is 11.9 Å². The first-order chi connectivity index (χ1) is 12.9. The van der Waals surface area contributed by atoms with Crippen molar-refractivity contribution in [3.8, 4) is 0 Å². The molecule has 1 amide bonds. The molecule has 2 aromatic heterocycles. The molecule has 0 saturated carbocycles. The van der Waals surface area contributed by atoms with Crippen molar-refractivity contribution in [1.82, 2.24) is 15.1 Å². The fourth-order valence-electron chi connectivity index (χ4n) is 2.31. The number of aromatic amines is 1. The number of nitrogens with two attached hydrogens (primary N) is 1. The van der Waals surface area contributed by atoms with Gasteiger partial charge in [-0.3, -0.25) is 10.1 Å². The SMILES string of the molecule is NCCc1c[nH]c2ccc(Cc3nc(NC=O)no3)cc12.O=C(O)C(=O)O. The smallest absolute Gasteiger partial charge is 0.414 e. The molecule has 0 aliphatic rings. The quantitative estimate of drug-likeness (QED) is 0.300. The van der Waals surface area contributed by atoms with E-state index in [1.54, 1.807) is 0 Å². The Morgan fingerprint density at radius 2 is 2.04 bits per heavy atom. The molecule has 0 aliphatic heterocycles. The number of carbonyl (C=O) groups excluding carboxylic acids is 1. The molecular weight excluding hydrogens is 358 g/mol. The number of aliphatic carboxylic acids is 2. The lowest BCUT2D eigenvalue weighted by atomic mass is 10.1. The van der Waals surface area contributed by atoms with E-state index in [0.717, 1.165) is 22.9 Å². The van der Waals surface area contributed by atoms with E-state index in [1.165, 1.54) is 5.56 Å². The first-order valence-corrected chi connectivity index (χ1v) is 7.72. The van der Waals surface area contributed by atoms with E-state index in [1.807, 2.05) is 18.3 Å². The number of rotatable bonds is 6. The molecule has 0 fully saturated rings. The average Bonchev–Trinajstić information content (AvgIpc) is 3.23. The summed E-state index contributed by atoms with van der Waals surface area (Å²) < 4.78 is 5.08. The van der Waals surface area contributed by atoms with Crippen molar-refractivity contribution in [3.05, 3.63) is 41.4 Å². The number of hydrogen-bond donors (Lipinski definition) is 5. The van der Waals surface area contributed by atoms with Crippen LogP contribution in [0.15, 0.2) is 28.9 Å². The minimum absolute atomic E-state index is 0.173. The summed E-state index contributed by atoms with van der Waals surface area (Å²) in [5.41, 5.74) is 8.96. The third kappa shape index (κ3) is 5.37. The molecule has 0 spiro atoms. The third-order valence-electron chi connectivity index (χ3n) is 3.44. The average molecular weight is 375 g/mol. The third-order valence-corrected chi connectivity index (χ3v) is 3.44. The van der Waals surface area contributed by atoms with Crippen molar-refractivity contribution in [2.45, 2.75) is 12.8 Å². The van der Waals surface area contributed by atoms with Crippen molar-refractivity contribution >= 4 is 35.2 Å². The Hall–Kier alpha value is -3.73. The number of hydrogen-bond acceptors (Lipinski definition) is 7. The molecule has 6 N–H and O–H groups in total. The minimum atomic E-state index is -1.82. The molecule has 11 heteroatoms. The van der Waals surface area contributed by atoms with E-state index in [9.17, 15) is 4.79 Å². The van der Waals surface area contributed by atoms with Crippen molar-refractivity contribution in [1.29, 1.82) is 0 Å². The Labute approximate surface area is 152 Å². The van der Waals surface area contributed by atoms with Crippen molar-refractivity contribution in [3.63, 3.8) is 0 Å². The van der Waals surface area contributed by atoms with Crippen molar-refractivity contribution in [2.24, 2.45) is 5.73 Å². The maximum atomic E-state index is 10.3. The van der Waals surface area contributed by atoms with E-state index < -0.39 is 11.9 Å². The topological polar surface area (TPSA) is 184 Å². The minimum Gasteiger partial charge on any atom is -0.473 e. The Morgan fingerprint density at radius 1 is 1.30 bits per heavy atom. The standard InChI is InChI=1S/C14H15N5O2.C2H2O4/c15-4-3-10-7-16-12-2-1-9(5-11(10)12)6-13-18-14(17-8-20)19-21-13;3-1(4)2(5)6/h1-2,5,7-8,16H,3-4,6,15H2,(H,17,19,20);(H,3,4)(H,5,6). The molecule has 142 valence electrons. The number of nitrogens with zero attached hydrogens (tertiary/aromatic N) is 2. The lowest BCUT2D eigenvalue weighted by molar-refractivity contribution is -0.159. The highest BCUT2D eigenvalue weighted by Gasteiger charge is 2.09. The van der Waals surface area contributed by atoms with Gasteiger partial charge in [0.2, 0.25) is 12.3 Å². The number of nitrogens with one attached hydrogen (secondary N) is 2. The van der Waals surface area contributed by atoms with Gasteiger partial charge in [0, 0.05) is 17.1 Å². The molecule has 1 aromatic carbocycles. The molecule has 0 radical (unpaired) electrons. The summed E-state index contributed by atoms with van der Waals surface area (Å²) in [6.07, 6.45) is 3.84. The fourth-order valence-corrected chi connectivity index (χ4v) is 2.31. The normalized spacial score (nSPS) is 10.1. The second kappa shape index (κ2) is 9.10. The van der Waals surface area contributed by atoms with Crippen LogP contribution in [-0.2, 0) is 27.2 Å². The lowest BCUT2D eigenvalue weighted by Gasteiger charge is -2.00. The zero-order chi connectivity index (χ0) is 19.8. The van der Waals surface area contributed by atoms with E-state index in [0.29, 0.717) is 25.3 Å². The van der Waals surface area contributed by atoms with Gasteiger partial charge >= 0.3 is 11.9 Å². The van der Waals surface area contributed by atoms with Crippen LogP contribution in [0.2, 0.25) is 0 Å². The van der Waals surface area contributed by atoms with Gasteiger partial charge in [0.25, 0.3) is 5.95 Å². The van der Waals surface area contributed by atoms with E-state index in [2.05, 4.69) is 26.5 Å². The first-order valence-electron chi connectivity index (χ1n) is 7.72. The number of amides is 1. The summed E-state index contributed by atoms with van der Waals surface area (Å²) in [7, 11) is 0. The number of carboxylic acids is 2. The molecule has 2 heterocycles. The maximum absolute atomic E-state index is 10.3. The van der Waals surface area contributed by atoms with Gasteiger partial charge in [-0.25, -0.2) is 9.59 Å². The van der Waals surface area contributed by atoms with Gasteiger partial charge in [-0.2, -0.15) is 4.98 Å². The highest BCUT2D eigenvalue weighted by molar-refractivity contribution is 6.27. The predicted octanol–water partition coefficient (Wildman–Crippen LogP) is 0.367. The van der Waals surface area contributed by atoms with Gasteiger partial charge < -0.3 is 25.5 Å². The Balaban J connectivity index is 0.000000380. The summed E-state index contributed by atoms with van der Waals surface area (Å²) in [5, 5.41) is 21.9. The fraction of sp³-hybridized carbons (Fsp3) is 0.188. The number of aromatic nitrogens is 3.